The van der Waals surface area contributed by atoms with E-state index < -0.39 is 6.03 Å². The van der Waals surface area contributed by atoms with Crippen LogP contribution in [0.4, 0.5) is 10.5 Å². The van der Waals surface area contributed by atoms with Crippen molar-refractivity contribution in [3.63, 3.8) is 0 Å². The summed E-state index contributed by atoms with van der Waals surface area (Å²) in [5.41, 5.74) is 7.55. The molecule has 0 aromatic heterocycles. The topological polar surface area (TPSA) is 93.4 Å². The van der Waals surface area contributed by atoms with Crippen LogP contribution in [0.3, 0.4) is 0 Å². The number of rotatable bonds is 8. The molecule has 0 atom stereocenters. The zero-order valence-corrected chi connectivity index (χ0v) is 15.3. The Kier molecular flexibility index (Phi) is 7.29. The van der Waals surface area contributed by atoms with E-state index >= 15 is 0 Å². The number of hydrogen-bond acceptors (Lipinski definition) is 3. The van der Waals surface area contributed by atoms with Gasteiger partial charge >= 0.3 is 6.03 Å². The molecule has 4 N–H and O–H groups in total. The van der Waals surface area contributed by atoms with Crippen LogP contribution in [0.1, 0.15) is 24.0 Å². The molecule has 26 heavy (non-hydrogen) atoms. The summed E-state index contributed by atoms with van der Waals surface area (Å²) in [6.45, 7) is 2.80. The first-order valence-corrected chi connectivity index (χ1v) is 8.63. The van der Waals surface area contributed by atoms with Crippen LogP contribution >= 0.6 is 11.6 Å². The Morgan fingerprint density at radius 2 is 1.88 bits per heavy atom. The summed E-state index contributed by atoms with van der Waals surface area (Å²) in [6, 6.07) is 12.0. The van der Waals surface area contributed by atoms with Crippen LogP contribution < -0.4 is 21.1 Å². The van der Waals surface area contributed by atoms with Gasteiger partial charge in [0.25, 0.3) is 0 Å². The molecule has 0 saturated carbocycles. The van der Waals surface area contributed by atoms with Crippen molar-refractivity contribution in [2.24, 2.45) is 5.73 Å². The predicted molar refractivity (Wildman–Crippen MR) is 102 cm³/mol. The highest BCUT2D eigenvalue weighted by atomic mass is 35.5. The lowest BCUT2D eigenvalue weighted by Gasteiger charge is -2.09. The minimum atomic E-state index is -0.609. The van der Waals surface area contributed by atoms with Gasteiger partial charge in [0.15, 0.2) is 0 Å². The van der Waals surface area contributed by atoms with Gasteiger partial charge in [0, 0.05) is 23.7 Å². The zero-order valence-electron chi connectivity index (χ0n) is 14.5. The molecule has 0 aliphatic heterocycles. The molecule has 138 valence electrons. The van der Waals surface area contributed by atoms with Gasteiger partial charge in [-0.3, -0.25) is 4.79 Å². The van der Waals surface area contributed by atoms with Crippen molar-refractivity contribution in [3.05, 3.63) is 58.6 Å². The maximum absolute atomic E-state index is 11.9. The van der Waals surface area contributed by atoms with Crippen molar-refractivity contribution in [3.8, 4) is 5.75 Å². The highest BCUT2D eigenvalue weighted by molar-refractivity contribution is 6.31. The van der Waals surface area contributed by atoms with E-state index in [0.29, 0.717) is 36.7 Å². The average Bonchev–Trinajstić information content (AvgIpc) is 2.60. The molecule has 2 aromatic rings. The van der Waals surface area contributed by atoms with Gasteiger partial charge in [-0.05, 0) is 54.8 Å². The number of nitrogens with one attached hydrogen (secondary N) is 2. The van der Waals surface area contributed by atoms with E-state index in [1.54, 1.807) is 18.2 Å². The molecule has 0 radical (unpaired) electrons. The lowest BCUT2D eigenvalue weighted by Crippen LogP contribution is -2.23. The van der Waals surface area contributed by atoms with E-state index in [9.17, 15) is 9.59 Å². The van der Waals surface area contributed by atoms with Crippen molar-refractivity contribution in [1.82, 2.24) is 5.32 Å². The summed E-state index contributed by atoms with van der Waals surface area (Å²) in [5, 5.41) is 6.04. The Morgan fingerprint density at radius 3 is 2.54 bits per heavy atom. The summed E-state index contributed by atoms with van der Waals surface area (Å²) in [7, 11) is 0. The average molecular weight is 376 g/mol. The molecular weight excluding hydrogens is 354 g/mol. The lowest BCUT2D eigenvalue weighted by molar-refractivity contribution is -0.121. The first-order valence-electron chi connectivity index (χ1n) is 8.25. The Balaban J connectivity index is 1.65. The van der Waals surface area contributed by atoms with Crippen LogP contribution in [-0.4, -0.2) is 18.5 Å². The molecule has 0 unspecified atom stereocenters. The van der Waals surface area contributed by atoms with Crippen LogP contribution in [0, 0.1) is 6.92 Å². The Morgan fingerprint density at radius 1 is 1.15 bits per heavy atom. The molecule has 2 rings (SSSR count). The molecule has 0 bridgehead atoms. The van der Waals surface area contributed by atoms with Gasteiger partial charge in [-0.15, -0.1) is 0 Å². The number of aryl methyl sites for hydroxylation is 1. The molecule has 3 amide bonds. The van der Waals surface area contributed by atoms with Crippen molar-refractivity contribution < 1.29 is 14.3 Å². The summed E-state index contributed by atoms with van der Waals surface area (Å²) >= 11 is 5.97. The molecule has 0 spiro atoms. The molecule has 0 aliphatic rings. The number of amides is 3. The Bertz CT molecular complexity index is 763. The number of carbonyl (C=O) groups is 2. The maximum atomic E-state index is 11.9. The number of halogens is 1. The quantitative estimate of drug-likeness (QED) is 0.615. The van der Waals surface area contributed by atoms with Crippen molar-refractivity contribution in [2.75, 3.05) is 11.9 Å². The van der Waals surface area contributed by atoms with E-state index in [1.807, 2.05) is 31.2 Å². The molecule has 2 aromatic carbocycles. The minimum Gasteiger partial charge on any atom is -0.494 e. The van der Waals surface area contributed by atoms with Crippen LogP contribution in [0.15, 0.2) is 42.5 Å². The number of anilines is 1. The van der Waals surface area contributed by atoms with Crippen LogP contribution in [0.25, 0.3) is 0 Å². The fourth-order valence-electron chi connectivity index (χ4n) is 2.27. The van der Waals surface area contributed by atoms with Crippen LogP contribution in [0.5, 0.6) is 5.75 Å². The molecule has 0 saturated heterocycles. The van der Waals surface area contributed by atoms with Gasteiger partial charge < -0.3 is 21.1 Å². The second-order valence-corrected chi connectivity index (χ2v) is 6.23. The standard InChI is InChI=1S/C19H22ClN3O3/c1-13-11-16(8-9-17(13)20)26-10-2-3-18(24)22-12-14-4-6-15(7-5-14)23-19(21)25/h4-9,11H,2-3,10,12H2,1H3,(H,22,24)(H3,21,23,25). The highest BCUT2D eigenvalue weighted by Crippen LogP contribution is 2.21. The first-order chi connectivity index (χ1) is 12.4. The predicted octanol–water partition coefficient (Wildman–Crippen LogP) is 3.61. The highest BCUT2D eigenvalue weighted by Gasteiger charge is 2.03. The Hall–Kier alpha value is -2.73. The van der Waals surface area contributed by atoms with Crippen LogP contribution in [-0.2, 0) is 11.3 Å². The summed E-state index contributed by atoms with van der Waals surface area (Å²) in [6.07, 6.45) is 1.00. The number of nitrogens with two attached hydrogens (primary N) is 1. The van der Waals surface area contributed by atoms with Crippen molar-refractivity contribution in [2.45, 2.75) is 26.3 Å². The van der Waals surface area contributed by atoms with Gasteiger partial charge in [-0.1, -0.05) is 23.7 Å². The fraction of sp³-hybridized carbons (Fsp3) is 0.263. The third-order valence-corrected chi connectivity index (χ3v) is 4.08. The fourth-order valence-corrected chi connectivity index (χ4v) is 2.38. The summed E-state index contributed by atoms with van der Waals surface area (Å²) in [5.74, 6) is 0.706. The normalized spacial score (nSPS) is 10.2. The second kappa shape index (κ2) is 9.68. The summed E-state index contributed by atoms with van der Waals surface area (Å²) < 4.78 is 5.62. The number of benzene rings is 2. The third-order valence-electron chi connectivity index (χ3n) is 3.66. The molecule has 0 aliphatic carbocycles. The summed E-state index contributed by atoms with van der Waals surface area (Å²) in [4.78, 5) is 22.6. The van der Waals surface area contributed by atoms with Gasteiger partial charge in [0.1, 0.15) is 5.75 Å². The maximum Gasteiger partial charge on any atom is 0.316 e. The lowest BCUT2D eigenvalue weighted by atomic mass is 10.2. The van der Waals surface area contributed by atoms with Crippen molar-refractivity contribution in [1.29, 1.82) is 0 Å². The Labute approximate surface area is 157 Å². The van der Waals surface area contributed by atoms with E-state index in [1.165, 1.54) is 0 Å². The second-order valence-electron chi connectivity index (χ2n) is 5.83. The number of hydrogen-bond donors (Lipinski definition) is 3. The molecular formula is C19H22ClN3O3. The molecule has 0 heterocycles. The number of ether oxygens (including phenoxy) is 1. The molecule has 7 heteroatoms. The number of primary amides is 1. The SMILES string of the molecule is Cc1cc(OCCCC(=O)NCc2ccc(NC(N)=O)cc2)ccc1Cl. The van der Waals surface area contributed by atoms with Gasteiger partial charge in [-0.2, -0.15) is 0 Å². The number of urea groups is 1. The first kappa shape index (κ1) is 19.6. The molecule has 0 fully saturated rings. The molecule has 6 nitrogen and oxygen atoms in total. The zero-order chi connectivity index (χ0) is 18.9. The third kappa shape index (κ3) is 6.64. The smallest absolute Gasteiger partial charge is 0.316 e. The largest absolute Gasteiger partial charge is 0.494 e. The number of carbonyl (C=O) groups excluding carboxylic acids is 2. The monoisotopic (exact) mass is 375 g/mol. The van der Waals surface area contributed by atoms with Gasteiger partial charge in [0.2, 0.25) is 5.91 Å². The van der Waals surface area contributed by atoms with Crippen LogP contribution in [0.2, 0.25) is 5.02 Å². The van der Waals surface area contributed by atoms with Crippen molar-refractivity contribution >= 4 is 29.2 Å². The van der Waals surface area contributed by atoms with Gasteiger partial charge in [0.05, 0.1) is 6.61 Å². The van der Waals surface area contributed by atoms with E-state index in [4.69, 9.17) is 22.1 Å². The van der Waals surface area contributed by atoms with E-state index in [0.717, 1.165) is 16.9 Å². The van der Waals surface area contributed by atoms with E-state index in [2.05, 4.69) is 10.6 Å². The van der Waals surface area contributed by atoms with E-state index in [-0.39, 0.29) is 5.91 Å². The van der Waals surface area contributed by atoms with Gasteiger partial charge in [-0.25, -0.2) is 4.79 Å². The minimum absolute atomic E-state index is 0.0415.